The zero-order valence-corrected chi connectivity index (χ0v) is 14.1. The van der Waals surface area contributed by atoms with Crippen LogP contribution in [0, 0.1) is 0 Å². The molecule has 1 atom stereocenters. The molecule has 0 spiro atoms. The van der Waals surface area contributed by atoms with Crippen LogP contribution in [0.1, 0.15) is 33.6 Å². The molecule has 0 aliphatic carbocycles. The number of piperidine rings is 1. The number of hydrogen-bond acceptors (Lipinski definition) is 7. The number of fused-ring (bicyclic) bond motifs is 1. The van der Waals surface area contributed by atoms with Crippen molar-refractivity contribution < 1.29 is 33.8 Å². The predicted molar refractivity (Wildman–Crippen MR) is 89.1 cm³/mol. The molecule has 10 nitrogen and oxygen atoms in total. The van der Waals surface area contributed by atoms with Gasteiger partial charge in [0.2, 0.25) is 11.8 Å². The molecule has 10 heteroatoms. The fourth-order valence-corrected chi connectivity index (χ4v) is 3.06. The van der Waals surface area contributed by atoms with Crippen molar-refractivity contribution in [2.75, 3.05) is 13.1 Å². The monoisotopic (exact) mass is 375 g/mol. The van der Waals surface area contributed by atoms with Crippen LogP contribution in [0.25, 0.3) is 0 Å². The molecule has 0 saturated carbocycles. The van der Waals surface area contributed by atoms with Crippen molar-refractivity contribution >= 4 is 30.1 Å². The quantitative estimate of drug-likeness (QED) is 0.458. The van der Waals surface area contributed by atoms with Crippen molar-refractivity contribution in [3.63, 3.8) is 0 Å². The summed E-state index contributed by atoms with van der Waals surface area (Å²) in [4.78, 5) is 57.7. The van der Waals surface area contributed by atoms with E-state index in [0.717, 1.165) is 18.0 Å². The van der Waals surface area contributed by atoms with Crippen LogP contribution < -0.4 is 15.4 Å². The van der Waals surface area contributed by atoms with Crippen LogP contribution in [0.4, 0.5) is 0 Å². The summed E-state index contributed by atoms with van der Waals surface area (Å²) in [6, 6.07) is 3.79. The summed E-state index contributed by atoms with van der Waals surface area (Å²) in [7, 11) is 0. The highest BCUT2D eigenvalue weighted by Crippen LogP contribution is 2.30. The third kappa shape index (κ3) is 3.51. The second-order valence-electron chi connectivity index (χ2n) is 6.16. The number of carboxylic acid groups (broad SMARTS) is 1. The Hall–Kier alpha value is -3.27. The van der Waals surface area contributed by atoms with Gasteiger partial charge < -0.3 is 15.2 Å². The number of hydrogen-bond donors (Lipinski definition) is 3. The maximum atomic E-state index is 12.6. The molecule has 4 rings (SSSR count). The van der Waals surface area contributed by atoms with Crippen molar-refractivity contribution in [3.8, 4) is 5.75 Å². The highest BCUT2D eigenvalue weighted by molar-refractivity contribution is 6.23. The van der Waals surface area contributed by atoms with E-state index in [1.54, 1.807) is 18.2 Å². The fourth-order valence-electron chi connectivity index (χ4n) is 3.06. The van der Waals surface area contributed by atoms with E-state index in [0.29, 0.717) is 5.75 Å². The standard InChI is InChI=1S/C16H15N3O5.CH2O2/c20-13-4-3-12(14(21)18-13)19-15(22)10-2-1-8(5-11(10)16(19)23)24-9-6-17-7-9;2-1-3/h1-2,5,9,12,17H,3-4,6-7H2,(H,18,20,21);1H,(H,2,3). The minimum absolute atomic E-state index is 0.0569. The van der Waals surface area contributed by atoms with Gasteiger partial charge in [-0.25, -0.2) is 0 Å². The van der Waals surface area contributed by atoms with Crippen LogP contribution in [0.3, 0.4) is 0 Å². The van der Waals surface area contributed by atoms with E-state index < -0.39 is 29.7 Å². The number of carbonyl (C=O) groups is 5. The van der Waals surface area contributed by atoms with Crippen molar-refractivity contribution in [3.05, 3.63) is 29.3 Å². The highest BCUT2D eigenvalue weighted by Gasteiger charge is 2.44. The third-order valence-electron chi connectivity index (χ3n) is 4.46. The lowest BCUT2D eigenvalue weighted by Gasteiger charge is -2.28. The molecule has 3 aliphatic rings. The normalized spacial score (nSPS) is 21.6. The Bertz CT molecular complexity index is 819. The minimum Gasteiger partial charge on any atom is -0.488 e. The molecule has 27 heavy (non-hydrogen) atoms. The molecule has 3 heterocycles. The lowest BCUT2D eigenvalue weighted by Crippen LogP contribution is -2.54. The Morgan fingerprint density at radius 2 is 1.78 bits per heavy atom. The molecule has 4 amide bonds. The Labute approximate surface area is 153 Å². The minimum atomic E-state index is -0.949. The molecule has 1 unspecified atom stereocenters. The maximum absolute atomic E-state index is 12.6. The van der Waals surface area contributed by atoms with Crippen molar-refractivity contribution in [2.24, 2.45) is 0 Å². The van der Waals surface area contributed by atoms with E-state index in [4.69, 9.17) is 14.6 Å². The zero-order valence-electron chi connectivity index (χ0n) is 14.1. The van der Waals surface area contributed by atoms with Gasteiger partial charge in [-0.15, -0.1) is 0 Å². The van der Waals surface area contributed by atoms with E-state index in [-0.39, 0.29) is 36.5 Å². The summed E-state index contributed by atoms with van der Waals surface area (Å²) in [6.07, 6.45) is 0.307. The first-order valence-corrected chi connectivity index (χ1v) is 8.27. The lowest BCUT2D eigenvalue weighted by atomic mass is 10.0. The van der Waals surface area contributed by atoms with Gasteiger partial charge in [-0.3, -0.25) is 34.2 Å². The van der Waals surface area contributed by atoms with Crippen LogP contribution in [-0.2, 0) is 14.4 Å². The molecule has 1 aromatic carbocycles. The summed E-state index contributed by atoms with van der Waals surface area (Å²) in [6.45, 7) is 1.23. The smallest absolute Gasteiger partial charge is 0.290 e. The summed E-state index contributed by atoms with van der Waals surface area (Å²) in [5.41, 5.74) is 0.485. The van der Waals surface area contributed by atoms with Gasteiger partial charge in [-0.1, -0.05) is 0 Å². The van der Waals surface area contributed by atoms with Crippen LogP contribution in [0.5, 0.6) is 5.75 Å². The largest absolute Gasteiger partial charge is 0.488 e. The Morgan fingerprint density at radius 1 is 1.11 bits per heavy atom. The summed E-state index contributed by atoms with van der Waals surface area (Å²) in [5, 5.41) is 12.1. The average Bonchev–Trinajstić information content (AvgIpc) is 2.83. The first-order chi connectivity index (χ1) is 13.0. The molecule has 3 N–H and O–H groups in total. The highest BCUT2D eigenvalue weighted by atomic mass is 16.5. The van der Waals surface area contributed by atoms with Gasteiger partial charge in [-0.05, 0) is 24.6 Å². The van der Waals surface area contributed by atoms with E-state index in [2.05, 4.69) is 10.6 Å². The number of ether oxygens (including phenoxy) is 1. The number of amides is 4. The molecule has 142 valence electrons. The maximum Gasteiger partial charge on any atom is 0.290 e. The molecule has 0 radical (unpaired) electrons. The number of benzene rings is 1. The second-order valence-corrected chi connectivity index (χ2v) is 6.16. The van der Waals surface area contributed by atoms with E-state index in [1.807, 2.05) is 0 Å². The van der Waals surface area contributed by atoms with Gasteiger partial charge in [0.05, 0.1) is 11.1 Å². The van der Waals surface area contributed by atoms with E-state index >= 15 is 0 Å². The van der Waals surface area contributed by atoms with Crippen LogP contribution in [0.15, 0.2) is 18.2 Å². The zero-order chi connectivity index (χ0) is 19.6. The van der Waals surface area contributed by atoms with Gasteiger partial charge in [0, 0.05) is 19.5 Å². The number of imide groups is 2. The summed E-state index contributed by atoms with van der Waals surface area (Å²) in [5.74, 6) is -1.52. The van der Waals surface area contributed by atoms with Crippen molar-refractivity contribution in [1.29, 1.82) is 0 Å². The van der Waals surface area contributed by atoms with Gasteiger partial charge >= 0.3 is 0 Å². The second kappa shape index (κ2) is 7.54. The Kier molecular flexibility index (Phi) is 5.17. The Morgan fingerprint density at radius 3 is 2.37 bits per heavy atom. The van der Waals surface area contributed by atoms with Crippen LogP contribution in [-0.4, -0.2) is 65.3 Å². The molecule has 3 aliphatic heterocycles. The molecule has 0 bridgehead atoms. The first-order valence-electron chi connectivity index (χ1n) is 8.27. The Balaban J connectivity index is 0.000000659. The molecule has 2 saturated heterocycles. The summed E-state index contributed by atoms with van der Waals surface area (Å²) < 4.78 is 5.71. The molecule has 1 aromatic rings. The van der Waals surface area contributed by atoms with Crippen LogP contribution >= 0.6 is 0 Å². The van der Waals surface area contributed by atoms with Gasteiger partial charge in [0.15, 0.2) is 0 Å². The molecular weight excluding hydrogens is 358 g/mol. The van der Waals surface area contributed by atoms with Gasteiger partial charge in [0.25, 0.3) is 18.3 Å². The van der Waals surface area contributed by atoms with Gasteiger partial charge in [0.1, 0.15) is 17.9 Å². The fraction of sp³-hybridized carbons (Fsp3) is 0.353. The summed E-state index contributed by atoms with van der Waals surface area (Å²) >= 11 is 0. The van der Waals surface area contributed by atoms with E-state index in [9.17, 15) is 19.2 Å². The SMILES string of the molecule is O=C1CCC(N2C(=O)c3ccc(OC4CNC4)cc3C2=O)C(=O)N1.O=CO. The molecule has 0 aromatic heterocycles. The van der Waals surface area contributed by atoms with Crippen molar-refractivity contribution in [1.82, 2.24) is 15.5 Å². The first kappa shape index (κ1) is 18.5. The average molecular weight is 375 g/mol. The van der Waals surface area contributed by atoms with Crippen molar-refractivity contribution in [2.45, 2.75) is 25.0 Å². The number of carbonyl (C=O) groups excluding carboxylic acids is 4. The third-order valence-corrected chi connectivity index (χ3v) is 4.46. The van der Waals surface area contributed by atoms with Gasteiger partial charge in [-0.2, -0.15) is 0 Å². The number of nitrogens with one attached hydrogen (secondary N) is 2. The lowest BCUT2D eigenvalue weighted by molar-refractivity contribution is -0.136. The topological polar surface area (TPSA) is 142 Å². The molecule has 2 fully saturated rings. The number of nitrogens with zero attached hydrogens (tertiary/aromatic N) is 1. The number of rotatable bonds is 3. The van der Waals surface area contributed by atoms with E-state index in [1.165, 1.54) is 0 Å². The predicted octanol–water partition coefficient (Wildman–Crippen LogP) is -0.861. The van der Waals surface area contributed by atoms with Crippen LogP contribution in [0.2, 0.25) is 0 Å². The molecular formula is C17H17N3O7.